The van der Waals surface area contributed by atoms with E-state index in [2.05, 4.69) is 15.3 Å². The molecule has 6 heteroatoms. The maximum atomic E-state index is 11.0. The molecule has 6 nitrogen and oxygen atoms in total. The molecule has 0 aliphatic rings. The summed E-state index contributed by atoms with van der Waals surface area (Å²) in [6, 6.07) is 1.25. The monoisotopic (exact) mass is 248 g/mol. The molecule has 1 unspecified atom stereocenters. The van der Waals surface area contributed by atoms with Gasteiger partial charge in [-0.15, -0.1) is 0 Å². The van der Waals surface area contributed by atoms with Gasteiger partial charge in [0.05, 0.1) is 5.69 Å². The van der Waals surface area contributed by atoms with Crippen LogP contribution >= 0.6 is 0 Å². The lowest BCUT2D eigenvalue weighted by molar-refractivity contribution is -0.140. The van der Waals surface area contributed by atoms with Gasteiger partial charge in [0.15, 0.2) is 0 Å². The molecule has 0 spiro atoms. The van der Waals surface area contributed by atoms with Gasteiger partial charge in [-0.2, -0.15) is 0 Å². The Balaban J connectivity index is 2.07. The second-order valence-corrected chi connectivity index (χ2v) is 4.50. The van der Waals surface area contributed by atoms with Crippen LogP contribution in [0, 0.1) is 5.92 Å². The number of hydrogen-bond acceptors (Lipinski definition) is 4. The van der Waals surface area contributed by atoms with Crippen LogP contribution in [-0.4, -0.2) is 31.5 Å². The number of imidazole rings is 1. The van der Waals surface area contributed by atoms with Crippen LogP contribution in [0.4, 0.5) is 0 Å². The Morgan fingerprint density at radius 3 is 2.94 bits per heavy atom. The van der Waals surface area contributed by atoms with E-state index in [1.807, 2.05) is 36.7 Å². The first kappa shape index (κ1) is 12.5. The van der Waals surface area contributed by atoms with Crippen LogP contribution in [-0.2, 0) is 11.3 Å². The molecule has 0 amide bonds. The quantitative estimate of drug-likeness (QED) is 0.822. The first-order valence-electron chi connectivity index (χ1n) is 5.82. The van der Waals surface area contributed by atoms with Crippen LogP contribution in [0.2, 0.25) is 0 Å². The van der Waals surface area contributed by atoms with Crippen LogP contribution in [0.1, 0.15) is 19.5 Å². The number of nitrogens with one attached hydrogen (secondary N) is 1. The molecule has 2 N–H and O–H groups in total. The predicted octanol–water partition coefficient (Wildman–Crippen LogP) is 0.928. The highest BCUT2D eigenvalue weighted by atomic mass is 16.4. The maximum Gasteiger partial charge on any atom is 0.320 e. The number of nitrogens with zero attached hydrogens (tertiary/aromatic N) is 3. The highest BCUT2D eigenvalue weighted by Crippen LogP contribution is 2.05. The minimum atomic E-state index is -0.841. The van der Waals surface area contributed by atoms with Crippen LogP contribution < -0.4 is 5.32 Å². The Kier molecular flexibility index (Phi) is 3.57. The van der Waals surface area contributed by atoms with Crippen molar-refractivity contribution in [1.82, 2.24) is 19.7 Å². The first-order chi connectivity index (χ1) is 8.58. The fourth-order valence-corrected chi connectivity index (χ4v) is 1.79. The molecule has 2 aromatic heterocycles. The Labute approximate surface area is 105 Å². The van der Waals surface area contributed by atoms with Gasteiger partial charge in [-0.05, 0) is 12.0 Å². The molecule has 2 rings (SSSR count). The summed E-state index contributed by atoms with van der Waals surface area (Å²) in [6.45, 7) is 4.16. The lowest BCUT2D eigenvalue weighted by atomic mass is 10.1. The molecule has 0 aromatic carbocycles. The zero-order valence-electron chi connectivity index (χ0n) is 10.4. The zero-order valence-corrected chi connectivity index (χ0v) is 10.4. The molecule has 0 saturated heterocycles. The van der Waals surface area contributed by atoms with Gasteiger partial charge in [0, 0.05) is 25.1 Å². The van der Waals surface area contributed by atoms with E-state index >= 15 is 0 Å². The summed E-state index contributed by atoms with van der Waals surface area (Å²) in [5.74, 6) is -0.199. The van der Waals surface area contributed by atoms with E-state index in [0.29, 0.717) is 12.3 Å². The highest BCUT2D eigenvalue weighted by Gasteiger charge is 2.20. The van der Waals surface area contributed by atoms with Crippen molar-refractivity contribution in [2.45, 2.75) is 26.4 Å². The fraction of sp³-hybridized carbons (Fsp3) is 0.417. The summed E-state index contributed by atoms with van der Waals surface area (Å²) < 4.78 is 1.81. The molecule has 2 heterocycles. The molecule has 0 saturated carbocycles. The van der Waals surface area contributed by atoms with Crippen molar-refractivity contribution in [3.8, 4) is 0 Å². The largest absolute Gasteiger partial charge is 0.480 e. The third-order valence-electron chi connectivity index (χ3n) is 2.72. The summed E-state index contributed by atoms with van der Waals surface area (Å²) in [5, 5.41) is 12.1. The van der Waals surface area contributed by atoms with Gasteiger partial charge in [-0.25, -0.2) is 9.97 Å². The number of carboxylic acids is 1. The third-order valence-corrected chi connectivity index (χ3v) is 2.72. The van der Waals surface area contributed by atoms with Crippen LogP contribution in [0.25, 0.3) is 5.78 Å². The van der Waals surface area contributed by atoms with E-state index < -0.39 is 12.0 Å². The zero-order chi connectivity index (χ0) is 13.1. The standard InChI is InChI=1S/C12H16N4O2/c1-8(2)10(11(17)18)14-6-9-7-16-5-3-4-13-12(16)15-9/h3-5,7-8,10,14H,6H2,1-2H3,(H,17,18). The van der Waals surface area contributed by atoms with E-state index in [9.17, 15) is 4.79 Å². The Morgan fingerprint density at radius 2 is 2.33 bits per heavy atom. The fourth-order valence-electron chi connectivity index (χ4n) is 1.79. The minimum Gasteiger partial charge on any atom is -0.480 e. The number of aliphatic carboxylic acids is 1. The van der Waals surface area contributed by atoms with Crippen molar-refractivity contribution < 1.29 is 9.90 Å². The SMILES string of the molecule is CC(C)C(NCc1cn2cccnc2n1)C(=O)O. The maximum absolute atomic E-state index is 11.0. The number of rotatable bonds is 5. The molecule has 96 valence electrons. The number of aromatic nitrogens is 3. The van der Waals surface area contributed by atoms with Gasteiger partial charge in [0.25, 0.3) is 0 Å². The highest BCUT2D eigenvalue weighted by molar-refractivity contribution is 5.73. The van der Waals surface area contributed by atoms with Crippen molar-refractivity contribution in [3.05, 3.63) is 30.4 Å². The van der Waals surface area contributed by atoms with Crippen LogP contribution in [0.15, 0.2) is 24.7 Å². The van der Waals surface area contributed by atoms with E-state index in [1.54, 1.807) is 6.20 Å². The topological polar surface area (TPSA) is 79.5 Å². The predicted molar refractivity (Wildman–Crippen MR) is 66.1 cm³/mol. The molecule has 0 aliphatic carbocycles. The smallest absolute Gasteiger partial charge is 0.320 e. The lowest BCUT2D eigenvalue weighted by Gasteiger charge is -2.16. The molecule has 18 heavy (non-hydrogen) atoms. The second-order valence-electron chi connectivity index (χ2n) is 4.50. The summed E-state index contributed by atoms with van der Waals surface area (Å²) in [7, 11) is 0. The summed E-state index contributed by atoms with van der Waals surface area (Å²) in [5.41, 5.74) is 0.778. The van der Waals surface area contributed by atoms with Gasteiger partial charge in [-0.1, -0.05) is 13.8 Å². The van der Waals surface area contributed by atoms with Crippen LogP contribution in [0.3, 0.4) is 0 Å². The van der Waals surface area contributed by atoms with E-state index in [0.717, 1.165) is 5.69 Å². The van der Waals surface area contributed by atoms with E-state index in [1.165, 1.54) is 0 Å². The summed E-state index contributed by atoms with van der Waals surface area (Å²) in [4.78, 5) is 19.4. The normalized spacial score (nSPS) is 13.1. The molecular formula is C12H16N4O2. The summed E-state index contributed by atoms with van der Waals surface area (Å²) >= 11 is 0. The number of fused-ring (bicyclic) bond motifs is 1. The van der Waals surface area contributed by atoms with Crippen LogP contribution in [0.5, 0.6) is 0 Å². The lowest BCUT2D eigenvalue weighted by Crippen LogP contribution is -2.40. The minimum absolute atomic E-state index is 0.0256. The third kappa shape index (κ3) is 2.65. The molecule has 1 atom stereocenters. The Hall–Kier alpha value is -1.95. The molecule has 0 fully saturated rings. The average Bonchev–Trinajstić information content (AvgIpc) is 2.70. The molecule has 0 aliphatic heterocycles. The van der Waals surface area contributed by atoms with Crippen molar-refractivity contribution in [3.63, 3.8) is 0 Å². The Bertz CT molecular complexity index is 517. The van der Waals surface area contributed by atoms with Gasteiger partial charge in [0.1, 0.15) is 6.04 Å². The molecule has 0 bridgehead atoms. The van der Waals surface area contributed by atoms with Gasteiger partial charge >= 0.3 is 5.97 Å². The van der Waals surface area contributed by atoms with Crippen molar-refractivity contribution in [2.24, 2.45) is 5.92 Å². The molecular weight excluding hydrogens is 232 g/mol. The van der Waals surface area contributed by atoms with Gasteiger partial charge < -0.3 is 5.11 Å². The van der Waals surface area contributed by atoms with E-state index in [4.69, 9.17) is 5.11 Å². The number of carbonyl (C=O) groups is 1. The van der Waals surface area contributed by atoms with Crippen molar-refractivity contribution in [1.29, 1.82) is 0 Å². The van der Waals surface area contributed by atoms with Gasteiger partial charge in [0.2, 0.25) is 5.78 Å². The summed E-state index contributed by atoms with van der Waals surface area (Å²) in [6.07, 6.45) is 5.37. The Morgan fingerprint density at radius 1 is 1.56 bits per heavy atom. The molecule has 0 radical (unpaired) electrons. The number of carboxylic acid groups (broad SMARTS) is 1. The number of hydrogen-bond donors (Lipinski definition) is 2. The first-order valence-corrected chi connectivity index (χ1v) is 5.82. The van der Waals surface area contributed by atoms with E-state index in [-0.39, 0.29) is 5.92 Å². The van der Waals surface area contributed by atoms with Crippen molar-refractivity contribution >= 4 is 11.7 Å². The van der Waals surface area contributed by atoms with Crippen molar-refractivity contribution in [2.75, 3.05) is 0 Å². The average molecular weight is 248 g/mol. The molecule has 2 aromatic rings. The van der Waals surface area contributed by atoms with Gasteiger partial charge in [-0.3, -0.25) is 14.5 Å². The second kappa shape index (κ2) is 5.14.